The first-order chi connectivity index (χ1) is 16.1. The molecule has 4 heterocycles. The van der Waals surface area contributed by atoms with Gasteiger partial charge in [0.1, 0.15) is 18.7 Å². The van der Waals surface area contributed by atoms with Gasteiger partial charge in [-0.2, -0.15) is 5.10 Å². The van der Waals surface area contributed by atoms with Crippen molar-refractivity contribution in [3.05, 3.63) is 73.2 Å². The maximum absolute atomic E-state index is 11.1. The Balaban J connectivity index is 1.35. The summed E-state index contributed by atoms with van der Waals surface area (Å²) >= 11 is 0. The predicted molar refractivity (Wildman–Crippen MR) is 122 cm³/mol. The Labute approximate surface area is 188 Å². The quantitative estimate of drug-likeness (QED) is 0.334. The van der Waals surface area contributed by atoms with E-state index < -0.39 is 5.97 Å². The first-order valence-electron chi connectivity index (χ1n) is 10.2. The molecule has 0 unspecified atom stereocenters. The highest BCUT2D eigenvalue weighted by Crippen LogP contribution is 2.23. The minimum Gasteiger partial charge on any atom is -0.480 e. The molecule has 0 aliphatic carbocycles. The van der Waals surface area contributed by atoms with Gasteiger partial charge in [-0.05, 0) is 23.3 Å². The average molecular weight is 443 g/mol. The van der Waals surface area contributed by atoms with Crippen LogP contribution < -0.4 is 10.7 Å². The van der Waals surface area contributed by atoms with Crippen LogP contribution in [0.4, 0.5) is 11.8 Å². The second-order valence-corrected chi connectivity index (χ2v) is 7.49. The summed E-state index contributed by atoms with van der Waals surface area (Å²) in [4.78, 5) is 24.0. The number of hydrogen-bond acceptors (Lipinski definition) is 7. The first kappa shape index (κ1) is 20.2. The maximum Gasteiger partial charge on any atom is 0.323 e. The van der Waals surface area contributed by atoms with Gasteiger partial charge in [-0.25, -0.2) is 19.6 Å². The Morgan fingerprint density at radius 2 is 2.03 bits per heavy atom. The highest BCUT2D eigenvalue weighted by molar-refractivity contribution is 5.87. The summed E-state index contributed by atoms with van der Waals surface area (Å²) in [5.74, 6) is 0.145. The van der Waals surface area contributed by atoms with Crippen LogP contribution >= 0.6 is 0 Å². The topological polar surface area (TPSA) is 128 Å². The number of aryl methyl sites for hydroxylation is 1. The molecule has 166 valence electrons. The summed E-state index contributed by atoms with van der Waals surface area (Å²) in [6.07, 6.45) is 10.3. The third-order valence-electron chi connectivity index (χ3n) is 5.15. The van der Waals surface area contributed by atoms with Gasteiger partial charge in [-0.3, -0.25) is 14.9 Å². The van der Waals surface area contributed by atoms with E-state index in [1.807, 2.05) is 31.6 Å². The van der Waals surface area contributed by atoms with Gasteiger partial charge >= 0.3 is 5.97 Å². The standard InChI is InChI=1S/C22H21N9O2/c1-29-12-17(11-27-29)16-4-2-3-15(9-16)10-24-20-18-5-7-31(21(18)26-14-25-20)28-22-23-6-8-30(22)13-19(32)33/h2-9,11-12,14H,10,13H2,1H3,(H,23,28)(H,32,33)(H,24,25,26). The fourth-order valence-electron chi connectivity index (χ4n) is 3.60. The van der Waals surface area contributed by atoms with E-state index in [9.17, 15) is 4.79 Å². The van der Waals surface area contributed by atoms with Crippen LogP contribution in [-0.4, -0.2) is 45.1 Å². The lowest BCUT2D eigenvalue weighted by Gasteiger charge is -2.11. The molecule has 0 fully saturated rings. The van der Waals surface area contributed by atoms with Crippen molar-refractivity contribution in [1.29, 1.82) is 0 Å². The Morgan fingerprint density at radius 1 is 1.12 bits per heavy atom. The molecule has 0 saturated heterocycles. The average Bonchev–Trinajstić information content (AvgIpc) is 3.54. The number of nitrogens with one attached hydrogen (secondary N) is 2. The van der Waals surface area contributed by atoms with Crippen molar-refractivity contribution in [2.24, 2.45) is 7.05 Å². The van der Waals surface area contributed by atoms with Gasteiger partial charge in [0.25, 0.3) is 0 Å². The highest BCUT2D eigenvalue weighted by Gasteiger charge is 2.12. The molecule has 1 aromatic carbocycles. The second-order valence-electron chi connectivity index (χ2n) is 7.49. The lowest BCUT2D eigenvalue weighted by Crippen LogP contribution is -2.16. The zero-order chi connectivity index (χ0) is 22.8. The molecular weight excluding hydrogens is 422 g/mol. The third kappa shape index (κ3) is 4.24. The van der Waals surface area contributed by atoms with Gasteiger partial charge in [-0.15, -0.1) is 0 Å². The van der Waals surface area contributed by atoms with E-state index in [1.54, 1.807) is 27.9 Å². The number of imidazole rings is 1. The Morgan fingerprint density at radius 3 is 2.85 bits per heavy atom. The molecule has 3 N–H and O–H groups in total. The molecule has 0 amide bonds. The van der Waals surface area contributed by atoms with Crippen LogP contribution in [0, 0.1) is 0 Å². The maximum atomic E-state index is 11.1. The zero-order valence-corrected chi connectivity index (χ0v) is 17.8. The van der Waals surface area contributed by atoms with Crippen molar-refractivity contribution in [2.45, 2.75) is 13.1 Å². The monoisotopic (exact) mass is 443 g/mol. The molecule has 5 rings (SSSR count). The molecule has 0 aliphatic rings. The molecule has 4 aromatic heterocycles. The van der Waals surface area contributed by atoms with Crippen LogP contribution in [0.1, 0.15) is 5.56 Å². The molecule has 11 heteroatoms. The largest absolute Gasteiger partial charge is 0.480 e. The summed E-state index contributed by atoms with van der Waals surface area (Å²) < 4.78 is 4.97. The third-order valence-corrected chi connectivity index (χ3v) is 5.15. The lowest BCUT2D eigenvalue weighted by atomic mass is 10.1. The summed E-state index contributed by atoms with van der Waals surface area (Å²) in [6, 6.07) is 10.1. The highest BCUT2D eigenvalue weighted by atomic mass is 16.4. The molecule has 0 atom stereocenters. The van der Waals surface area contributed by atoms with Gasteiger partial charge in [-0.1, -0.05) is 18.2 Å². The molecule has 33 heavy (non-hydrogen) atoms. The molecule has 0 aliphatic heterocycles. The fraction of sp³-hybridized carbons (Fsp3) is 0.136. The molecule has 0 bridgehead atoms. The lowest BCUT2D eigenvalue weighted by molar-refractivity contribution is -0.137. The predicted octanol–water partition coefficient (Wildman–Crippen LogP) is 2.60. The SMILES string of the molecule is Cn1cc(-c2cccc(CNc3ncnc4c3ccn4Nc3nccn3CC(=O)O)c2)cn1. The molecular formula is C22H21N9O2. The van der Waals surface area contributed by atoms with Crippen LogP contribution in [0.15, 0.2) is 67.6 Å². The number of hydrogen-bond donors (Lipinski definition) is 3. The van der Waals surface area contributed by atoms with Crippen molar-refractivity contribution in [3.63, 3.8) is 0 Å². The number of carbonyl (C=O) groups is 1. The summed E-state index contributed by atoms with van der Waals surface area (Å²) in [6.45, 7) is 0.392. The van der Waals surface area contributed by atoms with E-state index >= 15 is 0 Å². The van der Waals surface area contributed by atoms with E-state index in [2.05, 4.69) is 49.0 Å². The number of benzene rings is 1. The normalized spacial score (nSPS) is 11.1. The van der Waals surface area contributed by atoms with E-state index in [-0.39, 0.29) is 6.54 Å². The summed E-state index contributed by atoms with van der Waals surface area (Å²) in [5.41, 5.74) is 7.00. The Kier molecular flexibility index (Phi) is 5.19. The minimum atomic E-state index is -0.949. The van der Waals surface area contributed by atoms with Crippen molar-refractivity contribution < 1.29 is 9.90 Å². The van der Waals surface area contributed by atoms with Crippen molar-refractivity contribution in [3.8, 4) is 11.1 Å². The number of carboxylic acid groups (broad SMARTS) is 1. The van der Waals surface area contributed by atoms with Crippen LogP contribution in [0.3, 0.4) is 0 Å². The van der Waals surface area contributed by atoms with Crippen LogP contribution in [0.25, 0.3) is 22.2 Å². The smallest absolute Gasteiger partial charge is 0.323 e. The van der Waals surface area contributed by atoms with E-state index in [4.69, 9.17) is 5.11 Å². The van der Waals surface area contributed by atoms with Crippen LogP contribution in [0.5, 0.6) is 0 Å². The van der Waals surface area contributed by atoms with Crippen LogP contribution in [0.2, 0.25) is 0 Å². The Bertz CT molecular complexity index is 1430. The van der Waals surface area contributed by atoms with Crippen LogP contribution in [-0.2, 0) is 24.9 Å². The van der Waals surface area contributed by atoms with Gasteiger partial charge in [0.15, 0.2) is 5.65 Å². The molecule has 0 spiro atoms. The number of rotatable bonds is 8. The number of anilines is 2. The molecule has 5 aromatic rings. The van der Waals surface area contributed by atoms with E-state index in [0.717, 1.165) is 22.1 Å². The first-order valence-corrected chi connectivity index (χ1v) is 10.2. The van der Waals surface area contributed by atoms with Crippen molar-refractivity contribution in [1.82, 2.24) is 34.0 Å². The number of aliphatic carboxylic acids is 1. The van der Waals surface area contributed by atoms with E-state index in [0.29, 0.717) is 24.0 Å². The minimum absolute atomic E-state index is 0.193. The van der Waals surface area contributed by atoms with Gasteiger partial charge in [0.05, 0.1) is 11.6 Å². The zero-order valence-electron chi connectivity index (χ0n) is 17.8. The number of nitrogens with zero attached hydrogens (tertiary/aromatic N) is 7. The van der Waals surface area contributed by atoms with Gasteiger partial charge in [0.2, 0.25) is 5.95 Å². The van der Waals surface area contributed by atoms with Gasteiger partial charge < -0.3 is 15.0 Å². The summed E-state index contributed by atoms with van der Waals surface area (Å²) in [7, 11) is 1.90. The number of fused-ring (bicyclic) bond motifs is 1. The van der Waals surface area contributed by atoms with Crippen molar-refractivity contribution in [2.75, 3.05) is 10.7 Å². The number of aromatic nitrogens is 7. The molecule has 0 saturated carbocycles. The van der Waals surface area contributed by atoms with Crippen molar-refractivity contribution >= 4 is 28.8 Å². The van der Waals surface area contributed by atoms with E-state index in [1.165, 1.54) is 10.9 Å². The fourth-order valence-corrected chi connectivity index (χ4v) is 3.60. The van der Waals surface area contributed by atoms with Gasteiger partial charge in [0, 0.05) is 43.9 Å². The molecule has 11 nitrogen and oxygen atoms in total. The molecule has 0 radical (unpaired) electrons. The number of carboxylic acids is 1. The summed E-state index contributed by atoms with van der Waals surface area (Å²) in [5, 5.41) is 17.5. The Hall–Kier alpha value is -4.67. The second kappa shape index (κ2) is 8.46.